The van der Waals surface area contributed by atoms with Gasteiger partial charge in [-0.05, 0) is 28.1 Å². The highest BCUT2D eigenvalue weighted by Gasteiger charge is 2.03. The molecule has 0 atom stereocenters. The lowest BCUT2D eigenvalue weighted by atomic mass is 10.7. The van der Waals surface area contributed by atoms with Gasteiger partial charge in [0.05, 0.1) is 3.79 Å². The van der Waals surface area contributed by atoms with Gasteiger partial charge in [0.25, 0.3) is 0 Å². The molecule has 0 spiro atoms. The number of hydrogen-bond donors (Lipinski definition) is 2. The van der Waals surface area contributed by atoms with Gasteiger partial charge < -0.3 is 4.74 Å². The van der Waals surface area contributed by atoms with Crippen LogP contribution < -0.4 is 16.0 Å². The van der Waals surface area contributed by atoms with Crippen molar-refractivity contribution in [1.82, 2.24) is 5.43 Å². The third-order valence-electron chi connectivity index (χ3n) is 0.860. The number of hydrazine groups is 1. The Bertz CT molecular complexity index is 263. The van der Waals surface area contributed by atoms with Gasteiger partial charge in [0.1, 0.15) is 0 Å². The number of carbonyl (C=O) groups excluding carboxylic acids is 1. The van der Waals surface area contributed by atoms with Gasteiger partial charge in [0.15, 0.2) is 5.06 Å². The number of halogens is 1. The van der Waals surface area contributed by atoms with E-state index in [9.17, 15) is 4.79 Å². The molecule has 0 unspecified atom stereocenters. The first kappa shape index (κ1) is 8.51. The summed E-state index contributed by atoms with van der Waals surface area (Å²) in [6.07, 6.45) is -0.667. The summed E-state index contributed by atoms with van der Waals surface area (Å²) in [5.74, 6) is 4.80. The van der Waals surface area contributed by atoms with E-state index in [0.29, 0.717) is 5.06 Å². The second kappa shape index (κ2) is 3.70. The Morgan fingerprint density at radius 1 is 1.73 bits per heavy atom. The van der Waals surface area contributed by atoms with Crippen molar-refractivity contribution in [1.29, 1.82) is 0 Å². The molecular formula is C5H5BrN2O2S. The van der Waals surface area contributed by atoms with Gasteiger partial charge in [-0.3, -0.25) is 5.43 Å². The van der Waals surface area contributed by atoms with Crippen molar-refractivity contribution in [3.8, 4) is 5.06 Å². The number of amides is 1. The normalized spacial score (nSPS) is 9.27. The highest BCUT2D eigenvalue weighted by atomic mass is 79.9. The summed E-state index contributed by atoms with van der Waals surface area (Å²) in [5.41, 5.74) is 1.85. The van der Waals surface area contributed by atoms with Crippen LogP contribution in [0, 0.1) is 0 Å². The second-order valence-corrected chi connectivity index (χ2v) is 4.02. The quantitative estimate of drug-likeness (QED) is 0.441. The van der Waals surface area contributed by atoms with Gasteiger partial charge in [0.2, 0.25) is 0 Å². The SMILES string of the molecule is NNC(=O)Oc1ccc(Br)s1. The Labute approximate surface area is 75.4 Å². The molecule has 0 aliphatic rings. The highest BCUT2D eigenvalue weighted by molar-refractivity contribution is 9.11. The Morgan fingerprint density at radius 3 is 2.91 bits per heavy atom. The van der Waals surface area contributed by atoms with Gasteiger partial charge in [-0.1, -0.05) is 11.3 Å². The molecule has 0 aliphatic carbocycles. The monoisotopic (exact) mass is 236 g/mol. The molecule has 0 aromatic carbocycles. The van der Waals surface area contributed by atoms with Crippen LogP contribution in [0.5, 0.6) is 5.06 Å². The third kappa shape index (κ3) is 2.49. The number of rotatable bonds is 1. The fraction of sp³-hybridized carbons (Fsp3) is 0. The van der Waals surface area contributed by atoms with E-state index >= 15 is 0 Å². The van der Waals surface area contributed by atoms with Crippen LogP contribution in [0.4, 0.5) is 4.79 Å². The van der Waals surface area contributed by atoms with Crippen molar-refractivity contribution in [2.45, 2.75) is 0 Å². The van der Waals surface area contributed by atoms with Crippen LogP contribution in [0.15, 0.2) is 15.9 Å². The number of thiophene rings is 1. The number of hydrogen-bond acceptors (Lipinski definition) is 4. The van der Waals surface area contributed by atoms with Crippen LogP contribution >= 0.6 is 27.3 Å². The Balaban J connectivity index is 2.57. The van der Waals surface area contributed by atoms with Gasteiger partial charge in [-0.15, -0.1) is 0 Å². The summed E-state index contributed by atoms with van der Waals surface area (Å²) < 4.78 is 5.60. The molecule has 4 nitrogen and oxygen atoms in total. The van der Waals surface area contributed by atoms with Crippen molar-refractivity contribution in [3.63, 3.8) is 0 Å². The first-order chi connectivity index (χ1) is 5.22. The van der Waals surface area contributed by atoms with Gasteiger partial charge in [-0.25, -0.2) is 10.6 Å². The molecule has 3 N–H and O–H groups in total. The molecule has 1 aromatic heterocycles. The topological polar surface area (TPSA) is 64.3 Å². The first-order valence-electron chi connectivity index (χ1n) is 2.66. The largest absolute Gasteiger partial charge is 0.427 e. The van der Waals surface area contributed by atoms with E-state index in [4.69, 9.17) is 10.6 Å². The lowest BCUT2D eigenvalue weighted by Gasteiger charge is -1.96. The number of nitrogens with two attached hydrogens (primary N) is 1. The number of ether oxygens (including phenoxy) is 1. The highest BCUT2D eigenvalue weighted by Crippen LogP contribution is 2.28. The average molecular weight is 237 g/mol. The van der Waals surface area contributed by atoms with Crippen molar-refractivity contribution < 1.29 is 9.53 Å². The van der Waals surface area contributed by atoms with E-state index in [2.05, 4.69) is 15.9 Å². The lowest BCUT2D eigenvalue weighted by Crippen LogP contribution is -2.32. The Morgan fingerprint density at radius 2 is 2.45 bits per heavy atom. The minimum atomic E-state index is -0.667. The molecule has 0 saturated carbocycles. The second-order valence-electron chi connectivity index (χ2n) is 1.59. The van der Waals surface area contributed by atoms with E-state index in [1.807, 2.05) is 5.43 Å². The molecule has 11 heavy (non-hydrogen) atoms. The summed E-state index contributed by atoms with van der Waals surface area (Å²) >= 11 is 4.53. The summed E-state index contributed by atoms with van der Waals surface area (Å²) in [6.45, 7) is 0. The molecule has 6 heteroatoms. The maximum Gasteiger partial charge on any atom is 0.427 e. The fourth-order valence-corrected chi connectivity index (χ4v) is 1.67. The molecule has 0 bridgehead atoms. The Kier molecular flexibility index (Phi) is 2.86. The molecule has 60 valence electrons. The van der Waals surface area contributed by atoms with E-state index in [0.717, 1.165) is 3.79 Å². The molecule has 1 rings (SSSR count). The van der Waals surface area contributed by atoms with Gasteiger partial charge >= 0.3 is 6.09 Å². The third-order valence-corrected chi connectivity index (χ3v) is 2.36. The molecule has 1 heterocycles. The zero-order chi connectivity index (χ0) is 8.27. The Hall–Kier alpha value is -0.590. The van der Waals surface area contributed by atoms with Crippen LogP contribution in [0.1, 0.15) is 0 Å². The molecule has 0 fully saturated rings. The predicted molar refractivity (Wildman–Crippen MR) is 45.4 cm³/mol. The molecule has 0 saturated heterocycles. The molecule has 0 radical (unpaired) electrons. The zero-order valence-electron chi connectivity index (χ0n) is 5.33. The van der Waals surface area contributed by atoms with E-state index in [1.54, 1.807) is 12.1 Å². The minimum Gasteiger partial charge on any atom is -0.398 e. The maximum absolute atomic E-state index is 10.5. The van der Waals surface area contributed by atoms with Crippen molar-refractivity contribution >= 4 is 33.4 Å². The summed E-state index contributed by atoms with van der Waals surface area (Å²) in [4.78, 5) is 10.5. The molecule has 1 amide bonds. The number of nitrogens with one attached hydrogen (secondary N) is 1. The molecule has 1 aromatic rings. The van der Waals surface area contributed by atoms with Crippen LogP contribution in [-0.2, 0) is 0 Å². The van der Waals surface area contributed by atoms with Gasteiger partial charge in [0, 0.05) is 0 Å². The standard InChI is InChI=1S/C5H5BrN2O2S/c6-3-1-2-4(11-3)10-5(9)8-7/h1-2H,7H2,(H,8,9). The minimum absolute atomic E-state index is 0.500. The fourth-order valence-electron chi connectivity index (χ4n) is 0.473. The van der Waals surface area contributed by atoms with E-state index < -0.39 is 6.09 Å². The van der Waals surface area contributed by atoms with Crippen LogP contribution in [0.3, 0.4) is 0 Å². The van der Waals surface area contributed by atoms with Crippen molar-refractivity contribution in [2.24, 2.45) is 5.84 Å². The lowest BCUT2D eigenvalue weighted by molar-refractivity contribution is 0.202. The van der Waals surface area contributed by atoms with Crippen LogP contribution in [0.2, 0.25) is 0 Å². The predicted octanol–water partition coefficient (Wildman–Crippen LogP) is 1.47. The van der Waals surface area contributed by atoms with E-state index in [-0.39, 0.29) is 0 Å². The number of carbonyl (C=O) groups is 1. The van der Waals surface area contributed by atoms with Crippen LogP contribution in [-0.4, -0.2) is 6.09 Å². The summed E-state index contributed by atoms with van der Waals surface area (Å²) in [5, 5.41) is 0.500. The summed E-state index contributed by atoms with van der Waals surface area (Å²) in [6, 6.07) is 3.45. The maximum atomic E-state index is 10.5. The first-order valence-corrected chi connectivity index (χ1v) is 4.27. The van der Waals surface area contributed by atoms with Crippen molar-refractivity contribution in [2.75, 3.05) is 0 Å². The van der Waals surface area contributed by atoms with Crippen LogP contribution in [0.25, 0.3) is 0 Å². The smallest absolute Gasteiger partial charge is 0.398 e. The summed E-state index contributed by atoms with van der Waals surface area (Å²) in [7, 11) is 0. The van der Waals surface area contributed by atoms with Gasteiger partial charge in [-0.2, -0.15) is 0 Å². The molecular weight excluding hydrogens is 232 g/mol. The van der Waals surface area contributed by atoms with Crippen molar-refractivity contribution in [3.05, 3.63) is 15.9 Å². The van der Waals surface area contributed by atoms with E-state index in [1.165, 1.54) is 11.3 Å². The zero-order valence-corrected chi connectivity index (χ0v) is 7.74. The average Bonchev–Trinajstić information content (AvgIpc) is 2.35. The molecule has 0 aliphatic heterocycles.